The Balaban J connectivity index is 1.36. The van der Waals surface area contributed by atoms with Crippen molar-refractivity contribution in [3.05, 3.63) is 42.5 Å². The number of carbonyl (C=O) groups is 1. The molecule has 2 aromatic rings. The molecule has 0 radical (unpaired) electrons. The number of amides is 1. The van der Waals surface area contributed by atoms with Crippen molar-refractivity contribution in [1.29, 1.82) is 0 Å². The standard InChI is InChI=1S/C17H22N4O3/c22-17(11-23-10-16-3-1-2-8-24-16)19-9-14-4-6-15(7-5-14)21-13-18-12-20-21/h4-7,12-13,16H,1-3,8-11H2,(H,19,22)/t16-/m0/s1. The Labute approximate surface area is 141 Å². The Kier molecular flexibility index (Phi) is 5.92. The van der Waals surface area contributed by atoms with Gasteiger partial charge in [0.1, 0.15) is 19.3 Å². The number of carbonyl (C=O) groups excluding carboxylic acids is 1. The van der Waals surface area contributed by atoms with Gasteiger partial charge in [0, 0.05) is 13.2 Å². The van der Waals surface area contributed by atoms with Crippen molar-refractivity contribution < 1.29 is 14.3 Å². The Morgan fingerprint density at radius 3 is 2.92 bits per heavy atom. The number of rotatable bonds is 7. The highest BCUT2D eigenvalue weighted by atomic mass is 16.5. The summed E-state index contributed by atoms with van der Waals surface area (Å²) in [5, 5.41) is 6.92. The molecule has 1 aliphatic rings. The van der Waals surface area contributed by atoms with Gasteiger partial charge in [0.15, 0.2) is 0 Å². The molecule has 1 N–H and O–H groups in total. The van der Waals surface area contributed by atoms with Crippen molar-refractivity contribution in [2.75, 3.05) is 19.8 Å². The normalized spacial score (nSPS) is 17.6. The van der Waals surface area contributed by atoms with Gasteiger partial charge in [-0.2, -0.15) is 5.10 Å². The molecule has 1 saturated heterocycles. The highest BCUT2D eigenvalue weighted by Crippen LogP contribution is 2.12. The van der Waals surface area contributed by atoms with Crippen molar-refractivity contribution in [3.8, 4) is 5.69 Å². The largest absolute Gasteiger partial charge is 0.376 e. The molecule has 1 atom stereocenters. The van der Waals surface area contributed by atoms with Gasteiger partial charge in [0.05, 0.1) is 18.4 Å². The summed E-state index contributed by atoms with van der Waals surface area (Å²) in [5.74, 6) is -0.119. The summed E-state index contributed by atoms with van der Waals surface area (Å²) in [7, 11) is 0. The molecule has 1 fully saturated rings. The Bertz CT molecular complexity index is 622. The molecule has 0 saturated carbocycles. The van der Waals surface area contributed by atoms with E-state index in [0.29, 0.717) is 13.2 Å². The van der Waals surface area contributed by atoms with Gasteiger partial charge in [-0.3, -0.25) is 4.79 Å². The maximum Gasteiger partial charge on any atom is 0.246 e. The van der Waals surface area contributed by atoms with Gasteiger partial charge in [0.2, 0.25) is 5.91 Å². The van der Waals surface area contributed by atoms with Crippen LogP contribution < -0.4 is 5.32 Å². The van der Waals surface area contributed by atoms with Gasteiger partial charge in [0.25, 0.3) is 0 Å². The summed E-state index contributed by atoms with van der Waals surface area (Å²) in [6.07, 6.45) is 6.57. The predicted molar refractivity (Wildman–Crippen MR) is 87.6 cm³/mol. The second-order valence-corrected chi connectivity index (χ2v) is 5.79. The molecule has 2 heterocycles. The summed E-state index contributed by atoms with van der Waals surface area (Å²) in [4.78, 5) is 15.7. The fourth-order valence-electron chi connectivity index (χ4n) is 2.58. The lowest BCUT2D eigenvalue weighted by molar-refractivity contribution is -0.128. The van der Waals surface area contributed by atoms with Crippen LogP contribution in [0.3, 0.4) is 0 Å². The Morgan fingerprint density at radius 1 is 1.33 bits per heavy atom. The van der Waals surface area contributed by atoms with Crippen LogP contribution in [0.15, 0.2) is 36.9 Å². The molecule has 128 valence electrons. The molecule has 1 aromatic heterocycles. The van der Waals surface area contributed by atoms with Crippen LogP contribution >= 0.6 is 0 Å². The minimum absolute atomic E-state index is 0.0664. The molecule has 7 nitrogen and oxygen atoms in total. The van der Waals surface area contributed by atoms with E-state index in [0.717, 1.165) is 30.7 Å². The average molecular weight is 330 g/mol. The highest BCUT2D eigenvalue weighted by molar-refractivity contribution is 5.77. The third-order valence-electron chi connectivity index (χ3n) is 3.92. The van der Waals surface area contributed by atoms with Crippen LogP contribution in [0.4, 0.5) is 0 Å². The minimum Gasteiger partial charge on any atom is -0.376 e. The van der Waals surface area contributed by atoms with Crippen molar-refractivity contribution in [2.24, 2.45) is 0 Å². The molecular weight excluding hydrogens is 308 g/mol. The lowest BCUT2D eigenvalue weighted by Gasteiger charge is -2.22. The van der Waals surface area contributed by atoms with E-state index >= 15 is 0 Å². The van der Waals surface area contributed by atoms with Crippen LogP contribution in [0.25, 0.3) is 5.69 Å². The van der Waals surface area contributed by atoms with Gasteiger partial charge in [-0.1, -0.05) is 12.1 Å². The number of ether oxygens (including phenoxy) is 2. The summed E-state index contributed by atoms with van der Waals surface area (Å²) in [6.45, 7) is 1.82. The molecule has 0 unspecified atom stereocenters. The first-order valence-corrected chi connectivity index (χ1v) is 8.21. The lowest BCUT2D eigenvalue weighted by Crippen LogP contribution is -2.30. The minimum atomic E-state index is -0.119. The van der Waals surface area contributed by atoms with Crippen LogP contribution in [0, 0.1) is 0 Å². The van der Waals surface area contributed by atoms with Crippen LogP contribution in [-0.4, -0.2) is 46.6 Å². The first-order chi connectivity index (χ1) is 11.8. The molecular formula is C17H22N4O3. The SMILES string of the molecule is O=C(COC[C@@H]1CCCCO1)NCc1ccc(-n2cncn2)cc1. The molecule has 0 aliphatic carbocycles. The number of nitrogens with zero attached hydrogens (tertiary/aromatic N) is 3. The number of hydrogen-bond acceptors (Lipinski definition) is 5. The molecule has 7 heteroatoms. The third-order valence-corrected chi connectivity index (χ3v) is 3.92. The van der Waals surface area contributed by atoms with E-state index in [1.165, 1.54) is 12.7 Å². The van der Waals surface area contributed by atoms with E-state index in [9.17, 15) is 4.79 Å². The van der Waals surface area contributed by atoms with Gasteiger partial charge < -0.3 is 14.8 Å². The topological polar surface area (TPSA) is 78.3 Å². The number of nitrogens with one attached hydrogen (secondary N) is 1. The van der Waals surface area contributed by atoms with Crippen molar-refractivity contribution in [2.45, 2.75) is 31.9 Å². The third kappa shape index (κ3) is 4.87. The number of benzene rings is 1. The summed E-state index contributed by atoms with van der Waals surface area (Å²) < 4.78 is 12.7. The van der Waals surface area contributed by atoms with E-state index in [1.807, 2.05) is 24.3 Å². The zero-order valence-corrected chi connectivity index (χ0v) is 13.6. The van der Waals surface area contributed by atoms with Crippen molar-refractivity contribution in [1.82, 2.24) is 20.1 Å². The van der Waals surface area contributed by atoms with Gasteiger partial charge in [-0.25, -0.2) is 9.67 Å². The highest BCUT2D eigenvalue weighted by Gasteiger charge is 2.14. The van der Waals surface area contributed by atoms with Crippen LogP contribution in [0.2, 0.25) is 0 Å². The Morgan fingerprint density at radius 2 is 2.21 bits per heavy atom. The number of aromatic nitrogens is 3. The van der Waals surface area contributed by atoms with Crippen LogP contribution in [0.1, 0.15) is 24.8 Å². The van der Waals surface area contributed by atoms with E-state index in [4.69, 9.17) is 9.47 Å². The summed E-state index contributed by atoms with van der Waals surface area (Å²) >= 11 is 0. The summed E-state index contributed by atoms with van der Waals surface area (Å²) in [6, 6.07) is 7.78. The fraction of sp³-hybridized carbons (Fsp3) is 0.471. The van der Waals surface area contributed by atoms with E-state index < -0.39 is 0 Å². The van der Waals surface area contributed by atoms with E-state index in [2.05, 4.69) is 15.4 Å². The molecule has 1 amide bonds. The second kappa shape index (κ2) is 8.56. The molecule has 1 aromatic carbocycles. The lowest BCUT2D eigenvalue weighted by atomic mass is 10.1. The van der Waals surface area contributed by atoms with Crippen molar-refractivity contribution >= 4 is 5.91 Å². The zero-order chi connectivity index (χ0) is 16.6. The summed E-state index contributed by atoms with van der Waals surface area (Å²) in [5.41, 5.74) is 1.95. The molecule has 0 bridgehead atoms. The first kappa shape index (κ1) is 16.6. The quantitative estimate of drug-likeness (QED) is 0.832. The molecule has 24 heavy (non-hydrogen) atoms. The maximum atomic E-state index is 11.8. The van der Waals surface area contributed by atoms with E-state index in [1.54, 1.807) is 11.0 Å². The van der Waals surface area contributed by atoms with Crippen LogP contribution in [-0.2, 0) is 20.8 Å². The van der Waals surface area contributed by atoms with Gasteiger partial charge in [-0.15, -0.1) is 0 Å². The molecule has 1 aliphatic heterocycles. The average Bonchev–Trinajstić information content (AvgIpc) is 3.16. The van der Waals surface area contributed by atoms with Gasteiger partial charge in [-0.05, 0) is 37.0 Å². The monoisotopic (exact) mass is 330 g/mol. The Hall–Kier alpha value is -2.25. The fourth-order valence-corrected chi connectivity index (χ4v) is 2.58. The van der Waals surface area contributed by atoms with Gasteiger partial charge >= 0.3 is 0 Å². The predicted octanol–water partition coefficient (Wildman–Crippen LogP) is 1.47. The maximum absolute atomic E-state index is 11.8. The smallest absolute Gasteiger partial charge is 0.246 e. The molecule has 3 rings (SSSR count). The second-order valence-electron chi connectivity index (χ2n) is 5.79. The molecule has 0 spiro atoms. The first-order valence-electron chi connectivity index (χ1n) is 8.21. The van der Waals surface area contributed by atoms with E-state index in [-0.39, 0.29) is 18.6 Å². The van der Waals surface area contributed by atoms with Crippen LogP contribution in [0.5, 0.6) is 0 Å². The number of hydrogen-bond donors (Lipinski definition) is 1. The van der Waals surface area contributed by atoms with Crippen molar-refractivity contribution in [3.63, 3.8) is 0 Å². The zero-order valence-electron chi connectivity index (χ0n) is 13.6.